The average molecular weight is 351 g/mol. The second-order valence-corrected chi connectivity index (χ2v) is 5.25. The Balaban J connectivity index is 2.52. The standard InChI is InChI=1S/C13H8BrClF3N/c14-6-1-2-9(15)7(3-6)13(19)8-4-11(17)12(18)5-10(8)16/h1-5,13H,19H2. The summed E-state index contributed by atoms with van der Waals surface area (Å²) in [5.74, 6) is -3.32. The molecule has 2 N–H and O–H groups in total. The van der Waals surface area contributed by atoms with Gasteiger partial charge in [-0.1, -0.05) is 27.5 Å². The van der Waals surface area contributed by atoms with E-state index in [-0.39, 0.29) is 5.56 Å². The van der Waals surface area contributed by atoms with Crippen LogP contribution in [0.2, 0.25) is 5.02 Å². The van der Waals surface area contributed by atoms with Crippen LogP contribution in [0.5, 0.6) is 0 Å². The van der Waals surface area contributed by atoms with Crippen molar-refractivity contribution in [2.45, 2.75) is 6.04 Å². The number of hydrogen-bond donors (Lipinski definition) is 1. The zero-order valence-corrected chi connectivity index (χ0v) is 11.8. The molecule has 1 unspecified atom stereocenters. The second-order valence-electron chi connectivity index (χ2n) is 3.93. The van der Waals surface area contributed by atoms with E-state index in [9.17, 15) is 13.2 Å². The van der Waals surface area contributed by atoms with Gasteiger partial charge < -0.3 is 5.73 Å². The van der Waals surface area contributed by atoms with Crippen molar-refractivity contribution >= 4 is 27.5 Å². The summed E-state index contributed by atoms with van der Waals surface area (Å²) in [5.41, 5.74) is 6.14. The predicted molar refractivity (Wildman–Crippen MR) is 71.5 cm³/mol. The van der Waals surface area contributed by atoms with Gasteiger partial charge in [0.05, 0.1) is 6.04 Å². The fourth-order valence-corrected chi connectivity index (χ4v) is 2.31. The van der Waals surface area contributed by atoms with Gasteiger partial charge in [-0.05, 0) is 29.8 Å². The minimum absolute atomic E-state index is 0.154. The van der Waals surface area contributed by atoms with E-state index >= 15 is 0 Å². The zero-order valence-electron chi connectivity index (χ0n) is 9.43. The number of halogens is 5. The number of hydrogen-bond acceptors (Lipinski definition) is 1. The molecule has 0 bridgehead atoms. The summed E-state index contributed by atoms with van der Waals surface area (Å²) >= 11 is 9.21. The third-order valence-electron chi connectivity index (χ3n) is 2.67. The van der Waals surface area contributed by atoms with Gasteiger partial charge in [-0.2, -0.15) is 0 Å². The van der Waals surface area contributed by atoms with Crippen LogP contribution in [0.15, 0.2) is 34.8 Å². The quantitative estimate of drug-likeness (QED) is 0.789. The highest BCUT2D eigenvalue weighted by Crippen LogP contribution is 2.31. The van der Waals surface area contributed by atoms with Crippen molar-refractivity contribution < 1.29 is 13.2 Å². The summed E-state index contributed by atoms with van der Waals surface area (Å²) in [7, 11) is 0. The molecule has 2 rings (SSSR count). The highest BCUT2D eigenvalue weighted by Gasteiger charge is 2.19. The molecule has 1 atom stereocenters. The molecule has 0 fully saturated rings. The smallest absolute Gasteiger partial charge is 0.161 e. The van der Waals surface area contributed by atoms with Crippen LogP contribution in [-0.4, -0.2) is 0 Å². The monoisotopic (exact) mass is 349 g/mol. The molecule has 0 radical (unpaired) electrons. The molecule has 0 aliphatic carbocycles. The molecule has 0 aliphatic heterocycles. The second kappa shape index (κ2) is 5.53. The Morgan fingerprint density at radius 2 is 1.58 bits per heavy atom. The normalized spacial score (nSPS) is 12.5. The Hall–Kier alpha value is -1.04. The molecule has 19 heavy (non-hydrogen) atoms. The Kier molecular flexibility index (Phi) is 4.18. The van der Waals surface area contributed by atoms with Crippen molar-refractivity contribution in [1.82, 2.24) is 0 Å². The maximum atomic E-state index is 13.7. The first kappa shape index (κ1) is 14.4. The van der Waals surface area contributed by atoms with Crippen molar-refractivity contribution in [1.29, 1.82) is 0 Å². The van der Waals surface area contributed by atoms with Gasteiger partial charge in [0, 0.05) is 21.1 Å². The van der Waals surface area contributed by atoms with Gasteiger partial charge in [0.15, 0.2) is 11.6 Å². The molecular weight excluding hydrogens is 343 g/mol. The average Bonchev–Trinajstić information content (AvgIpc) is 2.36. The minimum Gasteiger partial charge on any atom is -0.320 e. The SMILES string of the molecule is NC(c1cc(F)c(F)cc1F)c1cc(Br)ccc1Cl. The van der Waals surface area contributed by atoms with Crippen LogP contribution in [0.4, 0.5) is 13.2 Å². The van der Waals surface area contributed by atoms with Gasteiger partial charge in [-0.15, -0.1) is 0 Å². The molecule has 2 aromatic carbocycles. The van der Waals surface area contributed by atoms with Crippen LogP contribution >= 0.6 is 27.5 Å². The Morgan fingerprint density at radius 3 is 2.26 bits per heavy atom. The van der Waals surface area contributed by atoms with E-state index in [1.54, 1.807) is 18.2 Å². The van der Waals surface area contributed by atoms with E-state index in [1.807, 2.05) is 0 Å². The molecule has 0 heterocycles. The van der Waals surface area contributed by atoms with Gasteiger partial charge in [-0.25, -0.2) is 13.2 Å². The van der Waals surface area contributed by atoms with Crippen LogP contribution in [0.25, 0.3) is 0 Å². The van der Waals surface area contributed by atoms with Crippen molar-refractivity contribution in [3.63, 3.8) is 0 Å². The van der Waals surface area contributed by atoms with E-state index in [0.29, 0.717) is 21.1 Å². The van der Waals surface area contributed by atoms with E-state index < -0.39 is 23.5 Å². The van der Waals surface area contributed by atoms with Gasteiger partial charge in [0.25, 0.3) is 0 Å². The van der Waals surface area contributed by atoms with Crippen LogP contribution < -0.4 is 5.73 Å². The molecule has 0 aliphatic rings. The third kappa shape index (κ3) is 2.94. The molecule has 0 saturated carbocycles. The summed E-state index contributed by atoms with van der Waals surface area (Å²) in [6.45, 7) is 0. The summed E-state index contributed by atoms with van der Waals surface area (Å²) in [6, 6.07) is 5.11. The largest absolute Gasteiger partial charge is 0.320 e. The van der Waals surface area contributed by atoms with Crippen LogP contribution in [0.1, 0.15) is 17.2 Å². The molecule has 0 amide bonds. The van der Waals surface area contributed by atoms with Crippen molar-refractivity contribution in [3.8, 4) is 0 Å². The first-order chi connectivity index (χ1) is 8.90. The lowest BCUT2D eigenvalue weighted by molar-refractivity contribution is 0.487. The highest BCUT2D eigenvalue weighted by atomic mass is 79.9. The van der Waals surface area contributed by atoms with E-state index in [4.69, 9.17) is 17.3 Å². The van der Waals surface area contributed by atoms with Crippen molar-refractivity contribution in [2.75, 3.05) is 0 Å². The molecule has 0 saturated heterocycles. The van der Waals surface area contributed by atoms with Crippen LogP contribution in [0, 0.1) is 17.5 Å². The van der Waals surface area contributed by atoms with Gasteiger partial charge in [0.1, 0.15) is 5.82 Å². The summed E-state index contributed by atoms with van der Waals surface area (Å²) in [4.78, 5) is 0. The van der Waals surface area contributed by atoms with E-state index in [1.165, 1.54) is 0 Å². The van der Waals surface area contributed by atoms with Crippen LogP contribution in [-0.2, 0) is 0 Å². The summed E-state index contributed by atoms with van der Waals surface area (Å²) in [5, 5.41) is 0.319. The fraction of sp³-hybridized carbons (Fsp3) is 0.0769. The Labute approximate surface area is 121 Å². The fourth-order valence-electron chi connectivity index (χ4n) is 1.70. The van der Waals surface area contributed by atoms with Gasteiger partial charge >= 0.3 is 0 Å². The number of nitrogens with two attached hydrogens (primary N) is 1. The zero-order chi connectivity index (χ0) is 14.2. The minimum atomic E-state index is -1.26. The number of rotatable bonds is 2. The lowest BCUT2D eigenvalue weighted by atomic mass is 9.99. The van der Waals surface area contributed by atoms with E-state index in [0.717, 1.165) is 6.07 Å². The molecule has 6 heteroatoms. The van der Waals surface area contributed by atoms with Gasteiger partial charge in [0.2, 0.25) is 0 Å². The molecular formula is C13H8BrClF3N. The maximum absolute atomic E-state index is 13.7. The number of benzene rings is 2. The maximum Gasteiger partial charge on any atom is 0.161 e. The molecule has 2 aromatic rings. The van der Waals surface area contributed by atoms with Crippen molar-refractivity contribution in [3.05, 3.63) is 68.4 Å². The highest BCUT2D eigenvalue weighted by molar-refractivity contribution is 9.10. The molecule has 0 spiro atoms. The molecule has 100 valence electrons. The topological polar surface area (TPSA) is 26.0 Å². The lowest BCUT2D eigenvalue weighted by Crippen LogP contribution is -2.15. The van der Waals surface area contributed by atoms with Crippen LogP contribution in [0.3, 0.4) is 0 Å². The Morgan fingerprint density at radius 1 is 0.947 bits per heavy atom. The molecule has 1 nitrogen and oxygen atoms in total. The lowest BCUT2D eigenvalue weighted by Gasteiger charge is -2.15. The third-order valence-corrected chi connectivity index (χ3v) is 3.51. The first-order valence-corrected chi connectivity index (χ1v) is 6.42. The summed E-state index contributed by atoms with van der Waals surface area (Å²) < 4.78 is 40.4. The van der Waals surface area contributed by atoms with Crippen molar-refractivity contribution in [2.24, 2.45) is 5.73 Å². The first-order valence-electron chi connectivity index (χ1n) is 5.25. The molecule has 0 aromatic heterocycles. The predicted octanol–water partition coefficient (Wildman–Crippen LogP) is 4.57. The summed E-state index contributed by atoms with van der Waals surface area (Å²) in [6.07, 6.45) is 0. The van der Waals surface area contributed by atoms with E-state index in [2.05, 4.69) is 15.9 Å². The Bertz CT molecular complexity index is 634. The van der Waals surface area contributed by atoms with Gasteiger partial charge in [-0.3, -0.25) is 0 Å².